The summed E-state index contributed by atoms with van der Waals surface area (Å²) in [4.78, 5) is 17.7. The van der Waals surface area contributed by atoms with Crippen LogP contribution in [0.2, 0.25) is 0 Å². The summed E-state index contributed by atoms with van der Waals surface area (Å²) in [5, 5.41) is 0. The Morgan fingerprint density at radius 2 is 2.29 bits per heavy atom. The van der Waals surface area contributed by atoms with E-state index in [9.17, 15) is 4.79 Å². The van der Waals surface area contributed by atoms with Crippen LogP contribution in [0.3, 0.4) is 0 Å². The first-order valence-electron chi connectivity index (χ1n) is 4.98. The summed E-state index contributed by atoms with van der Waals surface area (Å²) in [6.45, 7) is 6.74. The van der Waals surface area contributed by atoms with Gasteiger partial charge in [0.05, 0.1) is 12.6 Å². The Kier molecular flexibility index (Phi) is 2.01. The van der Waals surface area contributed by atoms with Crippen LogP contribution in [0.5, 0.6) is 0 Å². The van der Waals surface area contributed by atoms with Gasteiger partial charge in [-0.15, -0.1) is 0 Å². The van der Waals surface area contributed by atoms with E-state index in [-0.39, 0.29) is 23.8 Å². The summed E-state index contributed by atoms with van der Waals surface area (Å²) in [6, 6.07) is 0.132. The standard InChI is InChI=1S/C10H16N2O2/c1-10(2,3)12-7-6-11-5-4-8(7)14-9(12)13/h5,7-8H,4,6H2,1-3H3. The molecule has 2 heterocycles. The van der Waals surface area contributed by atoms with Crippen LogP contribution in [0.25, 0.3) is 0 Å². The van der Waals surface area contributed by atoms with Crippen molar-refractivity contribution in [2.45, 2.75) is 44.9 Å². The molecule has 0 saturated carbocycles. The van der Waals surface area contributed by atoms with Gasteiger partial charge in [0.1, 0.15) is 6.10 Å². The number of aliphatic imine (C=N–C) groups is 1. The van der Waals surface area contributed by atoms with Gasteiger partial charge in [-0.2, -0.15) is 0 Å². The zero-order valence-electron chi connectivity index (χ0n) is 8.86. The number of amides is 1. The first-order valence-corrected chi connectivity index (χ1v) is 4.98. The summed E-state index contributed by atoms with van der Waals surface area (Å²) in [5.74, 6) is 0. The van der Waals surface area contributed by atoms with Crippen molar-refractivity contribution in [2.24, 2.45) is 4.99 Å². The van der Waals surface area contributed by atoms with Crippen molar-refractivity contribution in [1.29, 1.82) is 0 Å². The predicted octanol–water partition coefficient (Wildman–Crippen LogP) is 1.45. The van der Waals surface area contributed by atoms with Crippen LogP contribution < -0.4 is 0 Å². The van der Waals surface area contributed by atoms with E-state index in [0.29, 0.717) is 6.54 Å². The second-order valence-electron chi connectivity index (χ2n) is 4.81. The lowest BCUT2D eigenvalue weighted by Crippen LogP contribution is -2.50. The molecule has 0 aromatic heterocycles. The van der Waals surface area contributed by atoms with E-state index >= 15 is 0 Å². The van der Waals surface area contributed by atoms with Gasteiger partial charge in [-0.05, 0) is 20.8 Å². The molecule has 14 heavy (non-hydrogen) atoms. The first kappa shape index (κ1) is 9.49. The fourth-order valence-electron chi connectivity index (χ4n) is 2.10. The van der Waals surface area contributed by atoms with Crippen molar-refractivity contribution in [2.75, 3.05) is 6.54 Å². The van der Waals surface area contributed by atoms with Gasteiger partial charge in [0.25, 0.3) is 0 Å². The van der Waals surface area contributed by atoms with Crippen LogP contribution in [-0.2, 0) is 4.74 Å². The molecule has 0 spiro atoms. The molecule has 0 aromatic rings. The van der Waals surface area contributed by atoms with Crippen molar-refractivity contribution < 1.29 is 9.53 Å². The van der Waals surface area contributed by atoms with Crippen molar-refractivity contribution in [3.05, 3.63) is 0 Å². The average Bonchev–Trinajstić information content (AvgIpc) is 2.38. The van der Waals surface area contributed by atoms with Crippen molar-refractivity contribution in [3.63, 3.8) is 0 Å². The maximum absolute atomic E-state index is 11.6. The zero-order valence-corrected chi connectivity index (χ0v) is 8.86. The van der Waals surface area contributed by atoms with Crippen molar-refractivity contribution >= 4 is 12.3 Å². The third-order valence-corrected chi connectivity index (χ3v) is 2.69. The molecule has 0 aliphatic carbocycles. The van der Waals surface area contributed by atoms with Gasteiger partial charge in [-0.25, -0.2) is 4.79 Å². The Morgan fingerprint density at radius 3 is 2.93 bits per heavy atom. The third kappa shape index (κ3) is 1.38. The van der Waals surface area contributed by atoms with Crippen LogP contribution in [0.4, 0.5) is 4.79 Å². The summed E-state index contributed by atoms with van der Waals surface area (Å²) in [5.41, 5.74) is -0.177. The van der Waals surface area contributed by atoms with Gasteiger partial charge in [0, 0.05) is 18.2 Å². The van der Waals surface area contributed by atoms with Crippen LogP contribution in [0, 0.1) is 0 Å². The van der Waals surface area contributed by atoms with Crippen LogP contribution in [-0.4, -0.2) is 41.4 Å². The third-order valence-electron chi connectivity index (χ3n) is 2.69. The molecular formula is C10H16N2O2. The van der Waals surface area contributed by atoms with E-state index in [2.05, 4.69) is 4.99 Å². The quantitative estimate of drug-likeness (QED) is 0.588. The number of hydrogen-bond donors (Lipinski definition) is 0. The number of hydrogen-bond acceptors (Lipinski definition) is 3. The second kappa shape index (κ2) is 2.97. The highest BCUT2D eigenvalue weighted by molar-refractivity contribution is 5.73. The SMILES string of the molecule is CC(C)(C)N1C(=O)OC2CC=NCC21. The number of carbonyl (C=O) groups excluding carboxylic acids is 1. The molecule has 0 N–H and O–H groups in total. The Balaban J connectivity index is 2.24. The molecule has 1 fully saturated rings. The van der Waals surface area contributed by atoms with Gasteiger partial charge in [-0.1, -0.05) is 0 Å². The number of fused-ring (bicyclic) bond motifs is 1. The molecule has 4 nitrogen and oxygen atoms in total. The molecule has 0 aromatic carbocycles. The largest absolute Gasteiger partial charge is 0.443 e. The topological polar surface area (TPSA) is 41.9 Å². The highest BCUT2D eigenvalue weighted by atomic mass is 16.6. The van der Waals surface area contributed by atoms with Gasteiger partial charge in [0.2, 0.25) is 0 Å². The molecule has 2 unspecified atom stereocenters. The van der Waals surface area contributed by atoms with Gasteiger partial charge < -0.3 is 4.74 Å². The molecule has 2 aliphatic heterocycles. The van der Waals surface area contributed by atoms with E-state index in [1.807, 2.05) is 31.9 Å². The van der Waals surface area contributed by atoms with E-state index in [1.54, 1.807) is 0 Å². The summed E-state index contributed by atoms with van der Waals surface area (Å²) in [7, 11) is 0. The smallest absolute Gasteiger partial charge is 0.411 e. The summed E-state index contributed by atoms with van der Waals surface area (Å²) < 4.78 is 5.30. The lowest BCUT2D eigenvalue weighted by Gasteiger charge is -2.35. The van der Waals surface area contributed by atoms with Crippen LogP contribution >= 0.6 is 0 Å². The number of rotatable bonds is 0. The van der Waals surface area contributed by atoms with Crippen LogP contribution in [0.15, 0.2) is 4.99 Å². The fourth-order valence-corrected chi connectivity index (χ4v) is 2.10. The molecule has 2 aliphatic rings. The summed E-state index contributed by atoms with van der Waals surface area (Å²) >= 11 is 0. The fraction of sp³-hybridized carbons (Fsp3) is 0.800. The number of nitrogens with zero attached hydrogens (tertiary/aromatic N) is 2. The van der Waals surface area contributed by atoms with E-state index < -0.39 is 0 Å². The molecule has 1 saturated heterocycles. The minimum absolute atomic E-state index is 0.0132. The number of ether oxygens (including phenoxy) is 1. The van der Waals surface area contributed by atoms with Gasteiger partial charge in [-0.3, -0.25) is 9.89 Å². The minimum atomic E-state index is -0.196. The molecule has 0 radical (unpaired) electrons. The zero-order chi connectivity index (χ0) is 10.3. The molecule has 2 rings (SSSR count). The lowest BCUT2D eigenvalue weighted by atomic mass is 9.99. The highest BCUT2D eigenvalue weighted by Crippen LogP contribution is 2.30. The Morgan fingerprint density at radius 1 is 1.57 bits per heavy atom. The Hall–Kier alpha value is -1.06. The molecule has 1 amide bonds. The van der Waals surface area contributed by atoms with Gasteiger partial charge >= 0.3 is 6.09 Å². The maximum Gasteiger partial charge on any atom is 0.411 e. The predicted molar refractivity (Wildman–Crippen MR) is 53.6 cm³/mol. The molecule has 78 valence electrons. The van der Waals surface area contributed by atoms with Crippen molar-refractivity contribution in [1.82, 2.24) is 4.90 Å². The lowest BCUT2D eigenvalue weighted by molar-refractivity contribution is 0.120. The van der Waals surface area contributed by atoms with Gasteiger partial charge in [0.15, 0.2) is 0 Å². The summed E-state index contributed by atoms with van der Waals surface area (Å²) in [6.07, 6.45) is 2.42. The highest BCUT2D eigenvalue weighted by Gasteiger charge is 2.46. The Labute approximate surface area is 83.9 Å². The van der Waals surface area contributed by atoms with E-state index in [4.69, 9.17) is 4.74 Å². The average molecular weight is 196 g/mol. The second-order valence-corrected chi connectivity index (χ2v) is 4.81. The normalized spacial score (nSPS) is 31.6. The molecule has 4 heteroatoms. The van der Waals surface area contributed by atoms with E-state index in [1.165, 1.54) is 0 Å². The number of carbonyl (C=O) groups is 1. The first-order chi connectivity index (χ1) is 6.50. The monoisotopic (exact) mass is 196 g/mol. The molecule has 2 atom stereocenters. The molecular weight excluding hydrogens is 180 g/mol. The van der Waals surface area contributed by atoms with Crippen LogP contribution in [0.1, 0.15) is 27.2 Å². The maximum atomic E-state index is 11.6. The minimum Gasteiger partial charge on any atom is -0.443 e. The Bertz CT molecular complexity index is 280. The van der Waals surface area contributed by atoms with E-state index in [0.717, 1.165) is 6.42 Å². The van der Waals surface area contributed by atoms with Crippen molar-refractivity contribution in [3.8, 4) is 0 Å². The molecule has 0 bridgehead atoms.